The molecule has 0 heterocycles. The van der Waals surface area contributed by atoms with Gasteiger partial charge in [-0.1, -0.05) is 138 Å². The Balaban J connectivity index is 0.00000103. The van der Waals surface area contributed by atoms with Gasteiger partial charge in [0.1, 0.15) is 0 Å². The second-order valence-corrected chi connectivity index (χ2v) is 13.7. The quantitative estimate of drug-likeness (QED) is 0.221. The molecule has 2 nitrogen and oxygen atoms in total. The van der Waals surface area contributed by atoms with Crippen LogP contribution in [0.3, 0.4) is 0 Å². The fraction of sp³-hybridized carbons (Fsp3) is 0.143. The van der Waals surface area contributed by atoms with Crippen LogP contribution in [-0.2, 0) is 17.0 Å². The molecule has 0 aliphatic rings. The first-order valence-corrected chi connectivity index (χ1v) is 17.3. The fourth-order valence-corrected chi connectivity index (χ4v) is 7.65. The van der Waals surface area contributed by atoms with E-state index in [0.29, 0.717) is 0 Å². The van der Waals surface area contributed by atoms with E-state index in [4.69, 9.17) is 28.6 Å². The summed E-state index contributed by atoms with van der Waals surface area (Å²) < 4.78 is 0. The van der Waals surface area contributed by atoms with E-state index in [1.54, 1.807) is 0 Å². The summed E-state index contributed by atoms with van der Waals surface area (Å²) in [7, 11) is 6.87. The Hall–Kier alpha value is -2.01. The topological polar surface area (TPSA) is 28.2 Å². The molecule has 4 rings (SSSR count). The molecule has 0 aromatic heterocycles. The van der Waals surface area contributed by atoms with Crippen LogP contribution >= 0.6 is 18.6 Å². The van der Waals surface area contributed by atoms with Crippen molar-refractivity contribution in [3.05, 3.63) is 129 Å². The molecule has 4 aromatic carbocycles. The molecule has 0 aliphatic heterocycles. The summed E-state index contributed by atoms with van der Waals surface area (Å²) in [6.45, 7) is 8.56. The van der Waals surface area contributed by atoms with Crippen molar-refractivity contribution >= 4 is 48.8 Å². The molecule has 0 unspecified atom stereocenters. The SMILES string of the molecule is Cc1cccc(C)c1[N-][Si]([N-]c1c(C)cccc1C)(c1ccccc1)c1ccccc1.[Cl][Ti][Cl]. The summed E-state index contributed by atoms with van der Waals surface area (Å²) in [6.07, 6.45) is 0. The van der Waals surface area contributed by atoms with Crippen molar-refractivity contribution < 1.29 is 17.0 Å². The molecule has 0 saturated carbocycles. The van der Waals surface area contributed by atoms with E-state index in [0.717, 1.165) is 11.4 Å². The Morgan fingerprint density at radius 2 is 0.794 bits per heavy atom. The standard InChI is InChI=1S/C28H28N2Si.2ClH.Ti/c1-21-13-11-14-22(2)27(21)29-31(25-17-7-5-8-18-25,26-19-9-6-10-20-26)30-28-23(3)15-12-16-24(28)4;;;/h5-20H,1-4H3;2*1H;/q-2;;;+2/p-2. The molecular weight excluding hydrogens is 511 g/mol. The van der Waals surface area contributed by atoms with Crippen LogP contribution in [-0.4, -0.2) is 8.40 Å². The molecule has 4 aromatic rings. The monoisotopic (exact) mass is 538 g/mol. The maximum absolute atomic E-state index is 5.58. The summed E-state index contributed by atoms with van der Waals surface area (Å²) in [5.74, 6) is 0. The van der Waals surface area contributed by atoms with Crippen LogP contribution in [0.5, 0.6) is 0 Å². The van der Waals surface area contributed by atoms with Crippen LogP contribution in [0.15, 0.2) is 97.1 Å². The summed E-state index contributed by atoms with van der Waals surface area (Å²) in [5, 5.41) is 2.37. The minimum absolute atomic E-state index is 0.556. The van der Waals surface area contributed by atoms with Crippen LogP contribution in [0.25, 0.3) is 9.96 Å². The van der Waals surface area contributed by atoms with Crippen molar-refractivity contribution in [2.45, 2.75) is 27.7 Å². The van der Waals surface area contributed by atoms with E-state index in [1.165, 1.54) is 32.6 Å². The van der Waals surface area contributed by atoms with Gasteiger partial charge in [-0.2, -0.15) is 0 Å². The Morgan fingerprint density at radius 1 is 0.500 bits per heavy atom. The van der Waals surface area contributed by atoms with E-state index in [1.807, 2.05) is 0 Å². The van der Waals surface area contributed by atoms with Gasteiger partial charge >= 0.3 is 35.6 Å². The zero-order chi connectivity index (χ0) is 24.6. The van der Waals surface area contributed by atoms with Crippen LogP contribution in [0.2, 0.25) is 0 Å². The molecule has 174 valence electrons. The van der Waals surface area contributed by atoms with Gasteiger partial charge in [-0.25, -0.2) is 0 Å². The van der Waals surface area contributed by atoms with Crippen molar-refractivity contribution in [3.63, 3.8) is 0 Å². The summed E-state index contributed by atoms with van der Waals surface area (Å²) in [5.41, 5.74) is 6.83. The minimum atomic E-state index is -2.90. The van der Waals surface area contributed by atoms with Crippen LogP contribution < -0.4 is 10.4 Å². The number of benzene rings is 4. The van der Waals surface area contributed by atoms with Crippen molar-refractivity contribution in [3.8, 4) is 0 Å². The number of nitrogens with zero attached hydrogens (tertiary/aromatic N) is 2. The summed E-state index contributed by atoms with van der Waals surface area (Å²) in [4.78, 5) is 11.2. The third kappa shape index (κ3) is 6.16. The first-order valence-electron chi connectivity index (χ1n) is 11.1. The average Bonchev–Trinajstić information content (AvgIpc) is 2.84. The third-order valence-electron chi connectivity index (χ3n) is 5.78. The van der Waals surface area contributed by atoms with Gasteiger partial charge in [0.05, 0.1) is 0 Å². The number of hydrogen-bond acceptors (Lipinski definition) is 0. The molecule has 0 radical (unpaired) electrons. The van der Waals surface area contributed by atoms with Crippen LogP contribution in [0.1, 0.15) is 22.3 Å². The van der Waals surface area contributed by atoms with Crippen LogP contribution in [0, 0.1) is 27.7 Å². The predicted molar refractivity (Wildman–Crippen MR) is 147 cm³/mol. The normalized spacial score (nSPS) is 10.6. The van der Waals surface area contributed by atoms with E-state index in [9.17, 15) is 0 Å². The fourth-order valence-electron chi connectivity index (χ4n) is 4.08. The molecule has 0 atom stereocenters. The molecular formula is C28H28Cl2N2SiTi-2. The van der Waals surface area contributed by atoms with Gasteiger partial charge in [-0.05, 0) is 27.7 Å². The second kappa shape index (κ2) is 12.6. The number of rotatable bonds is 6. The molecule has 0 saturated heterocycles. The first kappa shape index (κ1) is 26.6. The second-order valence-electron chi connectivity index (χ2n) is 8.18. The molecule has 0 bridgehead atoms. The molecule has 6 heteroatoms. The van der Waals surface area contributed by atoms with Crippen molar-refractivity contribution in [1.29, 1.82) is 0 Å². The van der Waals surface area contributed by atoms with E-state index < -0.39 is 25.4 Å². The number of aryl methyl sites for hydroxylation is 4. The van der Waals surface area contributed by atoms with Crippen LogP contribution in [0.4, 0.5) is 11.4 Å². The van der Waals surface area contributed by atoms with Crippen molar-refractivity contribution in [2.24, 2.45) is 0 Å². The van der Waals surface area contributed by atoms with Gasteiger partial charge in [-0.3, -0.25) is 0 Å². The molecule has 0 spiro atoms. The zero-order valence-corrected chi connectivity index (χ0v) is 24.0. The maximum atomic E-state index is 5.58. The Labute approximate surface area is 221 Å². The molecule has 0 N–H and O–H groups in total. The van der Waals surface area contributed by atoms with Gasteiger partial charge in [0.25, 0.3) is 0 Å². The van der Waals surface area contributed by atoms with Crippen molar-refractivity contribution in [2.75, 3.05) is 0 Å². The Bertz CT molecular complexity index is 1070. The van der Waals surface area contributed by atoms with Gasteiger partial charge in [-0.15, -0.1) is 11.4 Å². The van der Waals surface area contributed by atoms with E-state index in [-0.39, 0.29) is 0 Å². The average molecular weight is 539 g/mol. The molecule has 0 amide bonds. The number of halogens is 2. The predicted octanol–water partition coefficient (Wildman–Crippen LogP) is 8.26. The Kier molecular flexibility index (Phi) is 9.87. The molecule has 34 heavy (non-hydrogen) atoms. The first-order chi connectivity index (χ1) is 16.4. The van der Waals surface area contributed by atoms with Gasteiger partial charge < -0.3 is 9.96 Å². The number of hydrogen-bond donors (Lipinski definition) is 0. The molecule has 0 fully saturated rings. The van der Waals surface area contributed by atoms with E-state index >= 15 is 0 Å². The zero-order valence-electron chi connectivity index (χ0n) is 19.9. The molecule has 0 aliphatic carbocycles. The van der Waals surface area contributed by atoms with Gasteiger partial charge in [0.15, 0.2) is 0 Å². The van der Waals surface area contributed by atoms with Crippen molar-refractivity contribution in [1.82, 2.24) is 0 Å². The third-order valence-corrected chi connectivity index (χ3v) is 9.15. The van der Waals surface area contributed by atoms with E-state index in [2.05, 4.69) is 125 Å². The van der Waals surface area contributed by atoms with Gasteiger partial charge in [0, 0.05) is 0 Å². The summed E-state index contributed by atoms with van der Waals surface area (Å²) >= 11 is -0.556. The van der Waals surface area contributed by atoms with Gasteiger partial charge in [0.2, 0.25) is 0 Å². The Morgan fingerprint density at radius 3 is 1.09 bits per heavy atom. The summed E-state index contributed by atoms with van der Waals surface area (Å²) in [6, 6.07) is 34.0.